The minimum Gasteiger partial charge on any atom is -0.340 e. The second-order valence-electron chi connectivity index (χ2n) is 5.97. The average molecular weight is 358 g/mol. The maximum absolute atomic E-state index is 12.7. The molecule has 2 N–H and O–H groups in total. The van der Waals surface area contributed by atoms with Gasteiger partial charge in [0.05, 0.1) is 18.1 Å². The van der Waals surface area contributed by atoms with Crippen LogP contribution in [-0.4, -0.2) is 25.2 Å². The molecule has 3 aromatic heterocycles. The van der Waals surface area contributed by atoms with Gasteiger partial charge in [0.1, 0.15) is 17.2 Å². The Morgan fingerprint density at radius 1 is 0.926 bits per heavy atom. The Bertz CT molecular complexity index is 1040. The molecule has 1 amide bonds. The van der Waals surface area contributed by atoms with Crippen molar-refractivity contribution in [2.75, 3.05) is 10.6 Å². The number of nitrogens with zero attached hydrogens (tertiary/aromatic N) is 4. The van der Waals surface area contributed by atoms with Crippen LogP contribution in [0, 0.1) is 0 Å². The van der Waals surface area contributed by atoms with Gasteiger partial charge in [0.15, 0.2) is 0 Å². The van der Waals surface area contributed by atoms with Crippen molar-refractivity contribution in [2.45, 2.75) is 0 Å². The predicted molar refractivity (Wildman–Crippen MR) is 104 cm³/mol. The summed E-state index contributed by atoms with van der Waals surface area (Å²) in [5.74, 6) is 1.17. The van der Waals surface area contributed by atoms with Gasteiger partial charge in [0.2, 0.25) is 0 Å². The summed E-state index contributed by atoms with van der Waals surface area (Å²) >= 11 is 0. The van der Waals surface area contributed by atoms with E-state index in [9.17, 15) is 4.79 Å². The standard InChI is InChI=1S/C20H18N6O/c1-25-20(26-11-5-6-12-26)17(14-22-25)19(27)24-16-9-10-18(21-13-16)23-15-7-3-2-4-8-15/h2-14H,1H3,(H,21,23)(H,24,27). The molecule has 0 bridgehead atoms. The number of hydrogen-bond donors (Lipinski definition) is 2. The van der Waals surface area contributed by atoms with Gasteiger partial charge in [-0.2, -0.15) is 5.10 Å². The second kappa shape index (κ2) is 7.17. The zero-order valence-corrected chi connectivity index (χ0v) is 14.7. The van der Waals surface area contributed by atoms with Crippen LogP contribution in [0.3, 0.4) is 0 Å². The molecule has 0 spiro atoms. The SMILES string of the molecule is Cn1ncc(C(=O)Nc2ccc(Nc3ccccc3)nc2)c1-n1cccc1. The van der Waals surface area contributed by atoms with E-state index in [1.54, 1.807) is 24.1 Å². The van der Waals surface area contributed by atoms with E-state index in [2.05, 4.69) is 20.7 Å². The summed E-state index contributed by atoms with van der Waals surface area (Å²) in [5.41, 5.74) is 2.05. The fourth-order valence-electron chi connectivity index (χ4n) is 2.78. The number of para-hydroxylation sites is 1. The van der Waals surface area contributed by atoms with Gasteiger partial charge in [-0.1, -0.05) is 18.2 Å². The largest absolute Gasteiger partial charge is 0.340 e. The number of nitrogens with one attached hydrogen (secondary N) is 2. The summed E-state index contributed by atoms with van der Waals surface area (Å²) in [4.78, 5) is 17.0. The highest BCUT2D eigenvalue weighted by atomic mass is 16.1. The first-order valence-electron chi connectivity index (χ1n) is 8.45. The molecule has 0 aliphatic carbocycles. The van der Waals surface area contributed by atoms with E-state index >= 15 is 0 Å². The van der Waals surface area contributed by atoms with E-state index in [1.807, 2.05) is 71.6 Å². The van der Waals surface area contributed by atoms with Crippen LogP contribution in [0.4, 0.5) is 17.2 Å². The van der Waals surface area contributed by atoms with Crippen molar-refractivity contribution in [3.05, 3.63) is 84.9 Å². The highest BCUT2D eigenvalue weighted by molar-refractivity contribution is 6.06. The van der Waals surface area contributed by atoms with Crippen molar-refractivity contribution < 1.29 is 4.79 Å². The summed E-state index contributed by atoms with van der Waals surface area (Å²) in [6.07, 6.45) is 6.93. The van der Waals surface area contributed by atoms with Crippen LogP contribution in [0.2, 0.25) is 0 Å². The molecule has 4 aromatic rings. The summed E-state index contributed by atoms with van der Waals surface area (Å²) in [6, 6.07) is 17.2. The molecule has 0 aliphatic rings. The van der Waals surface area contributed by atoms with Crippen LogP contribution in [-0.2, 0) is 7.05 Å². The van der Waals surface area contributed by atoms with Crippen LogP contribution < -0.4 is 10.6 Å². The molecule has 7 nitrogen and oxygen atoms in total. The number of carbonyl (C=O) groups is 1. The molecule has 0 atom stereocenters. The Morgan fingerprint density at radius 3 is 2.41 bits per heavy atom. The van der Waals surface area contributed by atoms with Crippen molar-refractivity contribution in [1.29, 1.82) is 0 Å². The maximum atomic E-state index is 12.7. The topological polar surface area (TPSA) is 76.8 Å². The van der Waals surface area contributed by atoms with E-state index in [0.717, 1.165) is 5.69 Å². The minimum atomic E-state index is -0.239. The van der Waals surface area contributed by atoms with Crippen molar-refractivity contribution in [3.8, 4) is 5.82 Å². The first kappa shape index (κ1) is 16.6. The van der Waals surface area contributed by atoms with Crippen LogP contribution in [0.15, 0.2) is 79.4 Å². The number of aryl methyl sites for hydroxylation is 1. The lowest BCUT2D eigenvalue weighted by atomic mass is 10.3. The van der Waals surface area contributed by atoms with Gasteiger partial charge in [0.25, 0.3) is 5.91 Å². The van der Waals surface area contributed by atoms with Gasteiger partial charge in [-0.15, -0.1) is 0 Å². The highest BCUT2D eigenvalue weighted by Crippen LogP contribution is 2.18. The number of amides is 1. The Kier molecular flexibility index (Phi) is 4.40. The van der Waals surface area contributed by atoms with Gasteiger partial charge in [0, 0.05) is 25.1 Å². The minimum absolute atomic E-state index is 0.239. The Morgan fingerprint density at radius 2 is 1.70 bits per heavy atom. The zero-order chi connectivity index (χ0) is 18.6. The summed E-state index contributed by atoms with van der Waals surface area (Å²) in [6.45, 7) is 0. The van der Waals surface area contributed by atoms with Crippen molar-refractivity contribution in [2.24, 2.45) is 7.05 Å². The normalized spacial score (nSPS) is 10.6. The third-order valence-electron chi connectivity index (χ3n) is 4.07. The van der Waals surface area contributed by atoms with E-state index in [0.29, 0.717) is 22.9 Å². The summed E-state index contributed by atoms with van der Waals surface area (Å²) < 4.78 is 3.52. The first-order valence-corrected chi connectivity index (χ1v) is 8.45. The molecular formula is C20H18N6O. The van der Waals surface area contributed by atoms with Gasteiger partial charge in [-0.25, -0.2) is 4.98 Å². The lowest BCUT2D eigenvalue weighted by Crippen LogP contribution is -2.15. The number of hydrogen-bond acceptors (Lipinski definition) is 4. The van der Waals surface area contributed by atoms with Crippen molar-refractivity contribution in [3.63, 3.8) is 0 Å². The molecule has 0 radical (unpaired) electrons. The predicted octanol–water partition coefficient (Wildman–Crippen LogP) is 3.60. The molecule has 0 saturated carbocycles. The van der Waals surface area contributed by atoms with E-state index in [1.165, 1.54) is 0 Å². The second-order valence-corrected chi connectivity index (χ2v) is 5.97. The fourth-order valence-corrected chi connectivity index (χ4v) is 2.78. The smallest absolute Gasteiger partial charge is 0.261 e. The molecule has 3 heterocycles. The lowest BCUT2D eigenvalue weighted by molar-refractivity contribution is 0.102. The summed E-state index contributed by atoms with van der Waals surface area (Å²) in [5, 5.41) is 10.3. The number of rotatable bonds is 5. The third kappa shape index (κ3) is 3.57. The Hall–Kier alpha value is -3.87. The molecule has 0 saturated heterocycles. The summed E-state index contributed by atoms with van der Waals surface area (Å²) in [7, 11) is 1.80. The molecule has 7 heteroatoms. The maximum Gasteiger partial charge on any atom is 0.261 e. The van der Waals surface area contributed by atoms with Gasteiger partial charge < -0.3 is 15.2 Å². The number of benzene rings is 1. The Balaban J connectivity index is 1.49. The molecule has 4 rings (SSSR count). The van der Waals surface area contributed by atoms with Crippen molar-refractivity contribution >= 4 is 23.1 Å². The molecule has 1 aromatic carbocycles. The molecule has 0 fully saturated rings. The van der Waals surface area contributed by atoms with Gasteiger partial charge in [-0.05, 0) is 36.4 Å². The molecule has 134 valence electrons. The zero-order valence-electron chi connectivity index (χ0n) is 14.7. The lowest BCUT2D eigenvalue weighted by Gasteiger charge is -2.09. The van der Waals surface area contributed by atoms with Crippen LogP contribution in [0.5, 0.6) is 0 Å². The monoisotopic (exact) mass is 358 g/mol. The molecule has 0 unspecified atom stereocenters. The molecular weight excluding hydrogens is 340 g/mol. The van der Waals surface area contributed by atoms with E-state index < -0.39 is 0 Å². The van der Waals surface area contributed by atoms with Crippen LogP contribution >= 0.6 is 0 Å². The number of aromatic nitrogens is 4. The number of anilines is 3. The number of pyridine rings is 1. The van der Waals surface area contributed by atoms with E-state index in [4.69, 9.17) is 0 Å². The quantitative estimate of drug-likeness (QED) is 0.571. The molecule has 0 aliphatic heterocycles. The van der Waals surface area contributed by atoms with Crippen LogP contribution in [0.1, 0.15) is 10.4 Å². The Labute approximate surface area is 156 Å². The van der Waals surface area contributed by atoms with Gasteiger partial charge >= 0.3 is 0 Å². The highest BCUT2D eigenvalue weighted by Gasteiger charge is 2.17. The van der Waals surface area contributed by atoms with E-state index in [-0.39, 0.29) is 5.91 Å². The molecule has 27 heavy (non-hydrogen) atoms. The van der Waals surface area contributed by atoms with Crippen molar-refractivity contribution in [1.82, 2.24) is 19.3 Å². The fraction of sp³-hybridized carbons (Fsp3) is 0.0500. The first-order chi connectivity index (χ1) is 13.2. The van der Waals surface area contributed by atoms with Gasteiger partial charge in [-0.3, -0.25) is 9.48 Å². The number of carbonyl (C=O) groups excluding carboxylic acids is 1. The van der Waals surface area contributed by atoms with Crippen LogP contribution in [0.25, 0.3) is 5.82 Å². The average Bonchev–Trinajstić information content (AvgIpc) is 3.33. The third-order valence-corrected chi connectivity index (χ3v) is 4.07.